The van der Waals surface area contributed by atoms with Gasteiger partial charge < -0.3 is 14.6 Å². The van der Waals surface area contributed by atoms with Crippen LogP contribution >= 0.6 is 11.5 Å². The highest BCUT2D eigenvalue weighted by Crippen LogP contribution is 2.30. The maximum Gasteiger partial charge on any atom is 0.254 e. The highest BCUT2D eigenvalue weighted by atomic mass is 32.1. The second kappa shape index (κ2) is 7.40. The molecule has 0 radical (unpaired) electrons. The Labute approximate surface area is 145 Å². The number of aryl methyl sites for hydroxylation is 1. The zero-order valence-electron chi connectivity index (χ0n) is 14.1. The van der Waals surface area contributed by atoms with Crippen LogP contribution in [0.3, 0.4) is 0 Å². The van der Waals surface area contributed by atoms with Gasteiger partial charge in [0, 0.05) is 24.5 Å². The fourth-order valence-electron chi connectivity index (χ4n) is 2.77. The summed E-state index contributed by atoms with van der Waals surface area (Å²) >= 11 is 1.28. The third-order valence-electron chi connectivity index (χ3n) is 4.26. The fraction of sp³-hybridized carbons (Fsp3) is 0.625. The van der Waals surface area contributed by atoms with Gasteiger partial charge in [-0.2, -0.15) is 9.36 Å². The molecule has 0 unspecified atom stereocenters. The van der Waals surface area contributed by atoms with Gasteiger partial charge >= 0.3 is 0 Å². The second-order valence-electron chi connectivity index (χ2n) is 6.36. The Morgan fingerprint density at radius 1 is 1.38 bits per heavy atom. The lowest BCUT2D eigenvalue weighted by atomic mass is 9.91. The van der Waals surface area contributed by atoms with Gasteiger partial charge in [-0.3, -0.25) is 4.79 Å². The lowest BCUT2D eigenvalue weighted by molar-refractivity contribution is 0.0467. The maximum atomic E-state index is 12.6. The van der Waals surface area contributed by atoms with E-state index in [1.165, 1.54) is 11.5 Å². The first-order chi connectivity index (χ1) is 11.6. The molecular formula is C16H22N4O3S. The highest BCUT2D eigenvalue weighted by molar-refractivity contribution is 7.03. The Bertz CT molecular complexity index is 691. The van der Waals surface area contributed by atoms with Gasteiger partial charge in [0.2, 0.25) is 5.89 Å². The molecule has 24 heavy (non-hydrogen) atoms. The van der Waals surface area contributed by atoms with Crippen LogP contribution in [-0.2, 0) is 4.74 Å². The average molecular weight is 350 g/mol. The van der Waals surface area contributed by atoms with E-state index in [0.717, 1.165) is 18.5 Å². The first-order valence-electron chi connectivity index (χ1n) is 8.19. The van der Waals surface area contributed by atoms with Crippen LogP contribution in [0.25, 0.3) is 0 Å². The number of carbonyl (C=O) groups is 1. The Morgan fingerprint density at radius 2 is 2.12 bits per heavy atom. The predicted octanol–water partition coefficient (Wildman–Crippen LogP) is 2.86. The molecule has 1 amide bonds. The first-order valence-corrected chi connectivity index (χ1v) is 9.03. The van der Waals surface area contributed by atoms with Crippen molar-refractivity contribution in [2.75, 3.05) is 13.2 Å². The van der Waals surface area contributed by atoms with Crippen LogP contribution in [0.2, 0.25) is 0 Å². The van der Waals surface area contributed by atoms with E-state index in [1.807, 2.05) is 20.8 Å². The number of amides is 1. The molecule has 2 aromatic heterocycles. The van der Waals surface area contributed by atoms with Crippen molar-refractivity contribution in [1.29, 1.82) is 0 Å². The van der Waals surface area contributed by atoms with Crippen molar-refractivity contribution in [3.63, 3.8) is 0 Å². The van der Waals surface area contributed by atoms with Crippen molar-refractivity contribution in [2.45, 2.75) is 45.6 Å². The number of rotatable bonds is 5. The van der Waals surface area contributed by atoms with Crippen molar-refractivity contribution < 1.29 is 14.1 Å². The summed E-state index contributed by atoms with van der Waals surface area (Å²) in [6.07, 6.45) is 1.70. The number of nitrogens with one attached hydrogen (secondary N) is 1. The Kier molecular flexibility index (Phi) is 5.25. The van der Waals surface area contributed by atoms with Crippen LogP contribution in [0.15, 0.2) is 9.90 Å². The van der Waals surface area contributed by atoms with E-state index in [-0.39, 0.29) is 23.8 Å². The summed E-state index contributed by atoms with van der Waals surface area (Å²) < 4.78 is 15.1. The Morgan fingerprint density at radius 3 is 2.71 bits per heavy atom. The van der Waals surface area contributed by atoms with Crippen LogP contribution in [0.5, 0.6) is 0 Å². The molecule has 0 bridgehead atoms. The highest BCUT2D eigenvalue weighted by Gasteiger charge is 2.32. The molecule has 3 heterocycles. The number of aromatic nitrogens is 3. The molecule has 1 saturated heterocycles. The van der Waals surface area contributed by atoms with Gasteiger partial charge in [0.25, 0.3) is 5.91 Å². The van der Waals surface area contributed by atoms with Crippen LogP contribution in [0.1, 0.15) is 66.4 Å². The standard InChI is InChI=1S/C16H22N4O3S/c1-9(2)14-18-16(23-19-14)13(11-4-6-22-7-5-11)17-15(21)12-8-24-20-10(12)3/h8-9,11,13H,4-7H2,1-3H3,(H,17,21)/t13-/m1/s1. The first kappa shape index (κ1) is 17.0. The molecule has 2 aromatic rings. The molecule has 0 aromatic carbocycles. The van der Waals surface area contributed by atoms with E-state index in [0.29, 0.717) is 30.5 Å². The SMILES string of the molecule is Cc1nscc1C(=O)N[C@@H](c1nc(C(C)C)no1)C1CCOCC1. The molecular weight excluding hydrogens is 328 g/mol. The molecule has 0 saturated carbocycles. The molecule has 7 nitrogen and oxygen atoms in total. The van der Waals surface area contributed by atoms with Crippen molar-refractivity contribution in [3.8, 4) is 0 Å². The number of carbonyl (C=O) groups excluding carboxylic acids is 1. The zero-order chi connectivity index (χ0) is 17.1. The van der Waals surface area contributed by atoms with Gasteiger partial charge in [-0.1, -0.05) is 19.0 Å². The van der Waals surface area contributed by atoms with Crippen LogP contribution in [0, 0.1) is 12.8 Å². The molecule has 0 spiro atoms. The van der Waals surface area contributed by atoms with E-state index in [1.54, 1.807) is 5.38 Å². The van der Waals surface area contributed by atoms with Crippen LogP contribution in [0.4, 0.5) is 0 Å². The van der Waals surface area contributed by atoms with Gasteiger partial charge in [0.1, 0.15) is 6.04 Å². The summed E-state index contributed by atoms with van der Waals surface area (Å²) in [5.74, 6) is 1.37. The van der Waals surface area contributed by atoms with Gasteiger partial charge in [-0.15, -0.1) is 0 Å². The van der Waals surface area contributed by atoms with Gasteiger partial charge in [-0.05, 0) is 37.2 Å². The predicted molar refractivity (Wildman–Crippen MR) is 89.0 cm³/mol. The largest absolute Gasteiger partial charge is 0.381 e. The lowest BCUT2D eigenvalue weighted by Gasteiger charge is -2.28. The van der Waals surface area contributed by atoms with Crippen molar-refractivity contribution >= 4 is 17.4 Å². The summed E-state index contributed by atoms with van der Waals surface area (Å²) in [6, 6.07) is -0.305. The summed E-state index contributed by atoms with van der Waals surface area (Å²) in [4.78, 5) is 17.1. The van der Waals surface area contributed by atoms with E-state index in [2.05, 4.69) is 19.8 Å². The van der Waals surface area contributed by atoms with Gasteiger partial charge in [-0.25, -0.2) is 0 Å². The molecule has 1 atom stereocenters. The minimum absolute atomic E-state index is 0.151. The molecule has 1 aliphatic rings. The third kappa shape index (κ3) is 3.64. The van der Waals surface area contributed by atoms with Crippen molar-refractivity contribution in [3.05, 3.63) is 28.4 Å². The summed E-state index contributed by atoms with van der Waals surface area (Å²) in [5, 5.41) is 8.88. The molecule has 0 aliphatic carbocycles. The maximum absolute atomic E-state index is 12.6. The van der Waals surface area contributed by atoms with E-state index >= 15 is 0 Å². The fourth-order valence-corrected chi connectivity index (χ4v) is 3.46. The smallest absolute Gasteiger partial charge is 0.254 e. The summed E-state index contributed by atoms with van der Waals surface area (Å²) in [6.45, 7) is 7.22. The normalized spacial score (nSPS) is 17.2. The quantitative estimate of drug-likeness (QED) is 0.892. The number of hydrogen-bond acceptors (Lipinski definition) is 7. The zero-order valence-corrected chi connectivity index (χ0v) is 14.9. The number of nitrogens with zero attached hydrogens (tertiary/aromatic N) is 3. The van der Waals surface area contributed by atoms with Crippen LogP contribution < -0.4 is 5.32 Å². The monoisotopic (exact) mass is 350 g/mol. The molecule has 1 N–H and O–H groups in total. The van der Waals surface area contributed by atoms with Crippen molar-refractivity contribution in [1.82, 2.24) is 19.8 Å². The molecule has 3 rings (SSSR count). The van der Waals surface area contributed by atoms with E-state index in [9.17, 15) is 4.79 Å². The molecule has 130 valence electrons. The third-order valence-corrected chi connectivity index (χ3v) is 4.98. The van der Waals surface area contributed by atoms with Gasteiger partial charge in [0.05, 0.1) is 11.3 Å². The number of ether oxygens (including phenoxy) is 1. The topological polar surface area (TPSA) is 90.1 Å². The average Bonchev–Trinajstić information content (AvgIpc) is 3.22. The number of hydrogen-bond donors (Lipinski definition) is 1. The van der Waals surface area contributed by atoms with Gasteiger partial charge in [0.15, 0.2) is 5.82 Å². The van der Waals surface area contributed by atoms with E-state index in [4.69, 9.17) is 9.26 Å². The molecule has 1 fully saturated rings. The van der Waals surface area contributed by atoms with Crippen LogP contribution in [-0.4, -0.2) is 33.6 Å². The van der Waals surface area contributed by atoms with Crippen molar-refractivity contribution in [2.24, 2.45) is 5.92 Å². The Balaban J connectivity index is 1.83. The summed E-state index contributed by atoms with van der Waals surface area (Å²) in [5.41, 5.74) is 1.33. The summed E-state index contributed by atoms with van der Waals surface area (Å²) in [7, 11) is 0. The Hall–Kier alpha value is -1.80. The minimum atomic E-state index is -0.305. The molecule has 1 aliphatic heterocycles. The minimum Gasteiger partial charge on any atom is -0.381 e. The second-order valence-corrected chi connectivity index (χ2v) is 6.99. The van der Waals surface area contributed by atoms with E-state index < -0.39 is 0 Å². The molecule has 8 heteroatoms. The lowest BCUT2D eigenvalue weighted by Crippen LogP contribution is -2.36.